The first-order valence-corrected chi connectivity index (χ1v) is 8.22. The third-order valence-electron chi connectivity index (χ3n) is 2.79. The zero-order chi connectivity index (χ0) is 15.3. The van der Waals surface area contributed by atoms with Crippen molar-refractivity contribution in [1.29, 1.82) is 0 Å². The first kappa shape index (κ1) is 15.6. The fraction of sp³-hybridized carbons (Fsp3) is 0.286. The summed E-state index contributed by atoms with van der Waals surface area (Å²) in [5.41, 5.74) is 2.14. The Morgan fingerprint density at radius 1 is 1.29 bits per heavy atom. The molecule has 0 fully saturated rings. The van der Waals surface area contributed by atoms with Gasteiger partial charge in [0.1, 0.15) is 0 Å². The van der Waals surface area contributed by atoms with Gasteiger partial charge in [0.25, 0.3) is 0 Å². The predicted octanol–water partition coefficient (Wildman–Crippen LogP) is 2.87. The average Bonchev–Trinajstić information content (AvgIpc) is 2.47. The van der Waals surface area contributed by atoms with Crippen LogP contribution in [0.25, 0.3) is 11.1 Å². The fourth-order valence-corrected chi connectivity index (χ4v) is 2.99. The number of hydrogen-bond donors (Lipinski definition) is 1. The molecule has 1 atom stereocenters. The molecular formula is C14H17N2O4P. The molecule has 0 aliphatic carbocycles. The normalized spacial score (nSPS) is 13.7. The van der Waals surface area contributed by atoms with Crippen molar-refractivity contribution in [3.8, 4) is 17.0 Å². The summed E-state index contributed by atoms with van der Waals surface area (Å²) in [6.07, 6.45) is 3.17. The fourth-order valence-electron chi connectivity index (χ4n) is 1.90. The number of nitrogens with zero attached hydrogens (tertiary/aromatic N) is 2. The van der Waals surface area contributed by atoms with Crippen molar-refractivity contribution in [3.63, 3.8) is 0 Å². The minimum absolute atomic E-state index is 0.106. The highest BCUT2D eigenvalue weighted by Gasteiger charge is 2.20. The lowest BCUT2D eigenvalue weighted by atomic mass is 10.1. The van der Waals surface area contributed by atoms with Crippen LogP contribution in [0.3, 0.4) is 0 Å². The largest absolute Gasteiger partial charge is 0.481 e. The van der Waals surface area contributed by atoms with E-state index in [-0.39, 0.29) is 12.8 Å². The first-order valence-electron chi connectivity index (χ1n) is 6.46. The van der Waals surface area contributed by atoms with Crippen molar-refractivity contribution in [3.05, 3.63) is 42.4 Å². The second-order valence-corrected chi connectivity index (χ2v) is 6.16. The maximum atomic E-state index is 11.7. The van der Waals surface area contributed by atoms with E-state index in [4.69, 9.17) is 9.26 Å². The van der Waals surface area contributed by atoms with Gasteiger partial charge in [0.05, 0.1) is 25.6 Å². The van der Waals surface area contributed by atoms with Crippen molar-refractivity contribution in [2.24, 2.45) is 0 Å². The van der Waals surface area contributed by atoms with Crippen molar-refractivity contribution < 1.29 is 18.7 Å². The van der Waals surface area contributed by atoms with Gasteiger partial charge in [-0.25, -0.2) is 4.98 Å². The van der Waals surface area contributed by atoms with Gasteiger partial charge in [0.2, 0.25) is 5.88 Å². The molecule has 7 heteroatoms. The van der Waals surface area contributed by atoms with Crippen molar-refractivity contribution in [2.45, 2.75) is 13.1 Å². The highest BCUT2D eigenvalue weighted by atomic mass is 31.2. The molecule has 0 bridgehead atoms. The number of rotatable bonds is 6. The third kappa shape index (κ3) is 4.11. The molecule has 0 saturated carbocycles. The SMILES string of the molecule is CCOP(=O)(O)Cc1ccc(-c2cccnc2OC)cn1. The smallest absolute Gasteiger partial charge is 0.334 e. The van der Waals surface area contributed by atoms with Crippen LogP contribution in [0.2, 0.25) is 0 Å². The quantitative estimate of drug-likeness (QED) is 0.826. The molecule has 6 nitrogen and oxygen atoms in total. The van der Waals surface area contributed by atoms with Crippen LogP contribution in [-0.4, -0.2) is 28.6 Å². The van der Waals surface area contributed by atoms with Crippen LogP contribution in [0.1, 0.15) is 12.6 Å². The van der Waals surface area contributed by atoms with Gasteiger partial charge in [-0.2, -0.15) is 0 Å². The molecule has 1 unspecified atom stereocenters. The van der Waals surface area contributed by atoms with Crippen LogP contribution in [0, 0.1) is 0 Å². The lowest BCUT2D eigenvalue weighted by Crippen LogP contribution is -1.96. The van der Waals surface area contributed by atoms with E-state index in [1.165, 1.54) is 0 Å². The minimum Gasteiger partial charge on any atom is -0.481 e. The Labute approximate surface area is 123 Å². The van der Waals surface area contributed by atoms with Crippen LogP contribution >= 0.6 is 7.60 Å². The van der Waals surface area contributed by atoms with Crippen LogP contribution in [0.4, 0.5) is 0 Å². The van der Waals surface area contributed by atoms with E-state index in [9.17, 15) is 9.46 Å². The Bertz CT molecular complexity index is 646. The molecule has 1 N–H and O–H groups in total. The lowest BCUT2D eigenvalue weighted by molar-refractivity contribution is 0.272. The molecule has 2 heterocycles. The molecular weight excluding hydrogens is 291 g/mol. The first-order chi connectivity index (χ1) is 10.1. The van der Waals surface area contributed by atoms with Gasteiger partial charge in [-0.3, -0.25) is 9.55 Å². The van der Waals surface area contributed by atoms with Gasteiger partial charge >= 0.3 is 7.60 Å². The minimum atomic E-state index is -3.62. The average molecular weight is 308 g/mol. The Kier molecular flexibility index (Phi) is 5.07. The maximum Gasteiger partial charge on any atom is 0.334 e. The molecule has 21 heavy (non-hydrogen) atoms. The number of ether oxygens (including phenoxy) is 1. The standard InChI is InChI=1S/C14H17N2O4P/c1-3-20-21(17,18)10-12-7-6-11(9-16-12)13-5-4-8-15-14(13)19-2/h4-9H,3,10H2,1-2H3,(H,17,18). The monoisotopic (exact) mass is 308 g/mol. The summed E-state index contributed by atoms with van der Waals surface area (Å²) >= 11 is 0. The summed E-state index contributed by atoms with van der Waals surface area (Å²) in [5, 5.41) is 0. The maximum absolute atomic E-state index is 11.7. The third-order valence-corrected chi connectivity index (χ3v) is 4.18. The molecule has 0 aliphatic rings. The van der Waals surface area contributed by atoms with Gasteiger partial charge < -0.3 is 14.2 Å². The van der Waals surface area contributed by atoms with Crippen molar-refractivity contribution >= 4 is 7.60 Å². The Hall–Kier alpha value is -1.75. The second kappa shape index (κ2) is 6.80. The molecule has 2 rings (SSSR count). The number of pyridine rings is 2. The van der Waals surface area contributed by atoms with Crippen LogP contribution in [0.5, 0.6) is 5.88 Å². The topological polar surface area (TPSA) is 81.5 Å². The Balaban J connectivity index is 2.21. The van der Waals surface area contributed by atoms with Crippen molar-refractivity contribution in [2.75, 3.05) is 13.7 Å². The summed E-state index contributed by atoms with van der Waals surface area (Å²) in [6.45, 7) is 1.87. The highest BCUT2D eigenvalue weighted by Crippen LogP contribution is 2.45. The van der Waals surface area contributed by atoms with E-state index in [1.807, 2.05) is 18.2 Å². The molecule has 0 spiro atoms. The zero-order valence-electron chi connectivity index (χ0n) is 11.9. The number of hydrogen-bond acceptors (Lipinski definition) is 5. The van der Waals surface area contributed by atoms with E-state index in [0.29, 0.717) is 11.6 Å². The second-order valence-electron chi connectivity index (χ2n) is 4.31. The Morgan fingerprint density at radius 3 is 2.71 bits per heavy atom. The molecule has 0 aliphatic heterocycles. The number of aromatic nitrogens is 2. The van der Waals surface area contributed by atoms with E-state index in [0.717, 1.165) is 11.1 Å². The van der Waals surface area contributed by atoms with Gasteiger partial charge in [-0.1, -0.05) is 6.07 Å². The van der Waals surface area contributed by atoms with E-state index >= 15 is 0 Å². The van der Waals surface area contributed by atoms with Crippen LogP contribution in [-0.2, 0) is 15.3 Å². The molecule has 0 aromatic carbocycles. The summed E-state index contributed by atoms with van der Waals surface area (Å²) in [4.78, 5) is 17.9. The summed E-state index contributed by atoms with van der Waals surface area (Å²) in [7, 11) is -2.06. The van der Waals surface area contributed by atoms with E-state index in [2.05, 4.69) is 9.97 Å². The van der Waals surface area contributed by atoms with Crippen LogP contribution in [0.15, 0.2) is 36.7 Å². The van der Waals surface area contributed by atoms with Crippen molar-refractivity contribution in [1.82, 2.24) is 9.97 Å². The van der Waals surface area contributed by atoms with Gasteiger partial charge in [0.15, 0.2) is 0 Å². The lowest BCUT2D eigenvalue weighted by Gasteiger charge is -2.11. The van der Waals surface area contributed by atoms with E-state index < -0.39 is 7.60 Å². The predicted molar refractivity (Wildman–Crippen MR) is 79.2 cm³/mol. The molecule has 2 aromatic heterocycles. The Morgan fingerprint density at radius 2 is 2.10 bits per heavy atom. The van der Waals surface area contributed by atoms with Gasteiger partial charge in [0, 0.05) is 23.5 Å². The summed E-state index contributed by atoms with van der Waals surface area (Å²) in [5.74, 6) is 0.509. The molecule has 0 saturated heterocycles. The van der Waals surface area contributed by atoms with Crippen LogP contribution < -0.4 is 4.74 Å². The van der Waals surface area contributed by atoms with Gasteiger partial charge in [-0.05, 0) is 25.1 Å². The van der Waals surface area contributed by atoms with Gasteiger partial charge in [-0.15, -0.1) is 0 Å². The molecule has 0 amide bonds. The summed E-state index contributed by atoms with van der Waals surface area (Å²) in [6, 6.07) is 7.19. The molecule has 0 radical (unpaired) electrons. The zero-order valence-corrected chi connectivity index (χ0v) is 12.8. The molecule has 112 valence electrons. The summed E-state index contributed by atoms with van der Waals surface area (Å²) < 4.78 is 21.7. The molecule has 2 aromatic rings. The van der Waals surface area contributed by atoms with E-state index in [1.54, 1.807) is 32.5 Å². The number of methoxy groups -OCH3 is 1. The highest BCUT2D eigenvalue weighted by molar-refractivity contribution is 7.51.